The van der Waals surface area contributed by atoms with Crippen molar-refractivity contribution in [3.8, 4) is 0 Å². The molecule has 1 fully saturated rings. The number of anilines is 1. The molecule has 1 aliphatic rings. The fourth-order valence-corrected chi connectivity index (χ4v) is 2.66. The molecule has 0 heterocycles. The van der Waals surface area contributed by atoms with Gasteiger partial charge in [-0.1, -0.05) is 19.3 Å². The van der Waals surface area contributed by atoms with E-state index in [1.807, 2.05) is 0 Å². The van der Waals surface area contributed by atoms with Crippen LogP contribution in [0.1, 0.15) is 42.5 Å². The van der Waals surface area contributed by atoms with Gasteiger partial charge in [0.2, 0.25) is 0 Å². The Labute approximate surface area is 129 Å². The van der Waals surface area contributed by atoms with Crippen molar-refractivity contribution in [1.29, 1.82) is 0 Å². The summed E-state index contributed by atoms with van der Waals surface area (Å²) >= 11 is 0. The molecular weight excluding hydrogens is 282 g/mol. The van der Waals surface area contributed by atoms with E-state index in [2.05, 4.69) is 5.32 Å². The van der Waals surface area contributed by atoms with Gasteiger partial charge in [-0.25, -0.2) is 0 Å². The van der Waals surface area contributed by atoms with E-state index in [1.165, 1.54) is 23.5 Å². The summed E-state index contributed by atoms with van der Waals surface area (Å²) in [6.45, 7) is 0. The normalized spacial score (nSPS) is 15.1. The molecule has 6 heteroatoms. The van der Waals surface area contributed by atoms with Gasteiger partial charge in [0.05, 0.1) is 0 Å². The standard InChI is InChI=1S/C16H21N3O3/c1-19(13-5-3-2-4-6-13)16(22)15(21)18-14(20)11-7-9-12(17)10-8-11/h7-10,13H,2-6,17H2,1H3,(H,18,20,21). The third kappa shape index (κ3) is 3.84. The lowest BCUT2D eigenvalue weighted by atomic mass is 9.94. The van der Waals surface area contributed by atoms with E-state index in [-0.39, 0.29) is 11.6 Å². The highest BCUT2D eigenvalue weighted by molar-refractivity contribution is 6.38. The first-order valence-electron chi connectivity index (χ1n) is 7.47. The summed E-state index contributed by atoms with van der Waals surface area (Å²) in [5.74, 6) is -2.17. The van der Waals surface area contributed by atoms with Crippen molar-refractivity contribution in [3.63, 3.8) is 0 Å². The molecule has 0 bridgehead atoms. The largest absolute Gasteiger partial charge is 0.399 e. The van der Waals surface area contributed by atoms with Gasteiger partial charge in [0.1, 0.15) is 0 Å². The number of benzene rings is 1. The topological polar surface area (TPSA) is 92.5 Å². The fraction of sp³-hybridized carbons (Fsp3) is 0.438. The van der Waals surface area contributed by atoms with Gasteiger partial charge in [-0.05, 0) is 37.1 Å². The molecule has 0 aliphatic heterocycles. The molecule has 0 saturated heterocycles. The van der Waals surface area contributed by atoms with Crippen LogP contribution in [0.3, 0.4) is 0 Å². The molecule has 1 aromatic rings. The van der Waals surface area contributed by atoms with E-state index < -0.39 is 17.7 Å². The second-order valence-corrected chi connectivity index (χ2v) is 5.61. The number of carbonyl (C=O) groups excluding carboxylic acids is 3. The number of imide groups is 1. The number of nitrogens with one attached hydrogen (secondary N) is 1. The minimum absolute atomic E-state index is 0.0821. The number of rotatable bonds is 2. The molecule has 0 atom stereocenters. The predicted octanol–water partition coefficient (Wildman–Crippen LogP) is 1.32. The Morgan fingerprint density at radius 2 is 1.68 bits per heavy atom. The predicted molar refractivity (Wildman–Crippen MR) is 83.0 cm³/mol. The van der Waals surface area contributed by atoms with Gasteiger partial charge >= 0.3 is 11.8 Å². The molecule has 22 heavy (non-hydrogen) atoms. The lowest BCUT2D eigenvalue weighted by molar-refractivity contribution is -0.146. The van der Waals surface area contributed by atoms with Crippen LogP contribution in [0.5, 0.6) is 0 Å². The maximum absolute atomic E-state index is 12.1. The minimum Gasteiger partial charge on any atom is -0.399 e. The van der Waals surface area contributed by atoms with Gasteiger partial charge in [-0.2, -0.15) is 0 Å². The molecule has 1 saturated carbocycles. The monoisotopic (exact) mass is 303 g/mol. The quantitative estimate of drug-likeness (QED) is 0.636. The van der Waals surface area contributed by atoms with E-state index in [9.17, 15) is 14.4 Å². The Kier molecular flexibility index (Phi) is 5.14. The highest BCUT2D eigenvalue weighted by Gasteiger charge is 2.27. The zero-order chi connectivity index (χ0) is 16.1. The Morgan fingerprint density at radius 1 is 1.09 bits per heavy atom. The Bertz CT molecular complexity index is 563. The average Bonchev–Trinajstić information content (AvgIpc) is 2.54. The van der Waals surface area contributed by atoms with Crippen LogP contribution in [0.2, 0.25) is 0 Å². The second kappa shape index (κ2) is 7.06. The summed E-state index contributed by atoms with van der Waals surface area (Å²) in [5, 5.41) is 2.13. The number of nitrogens with zero attached hydrogens (tertiary/aromatic N) is 1. The van der Waals surface area contributed by atoms with Gasteiger partial charge in [-0.3, -0.25) is 19.7 Å². The highest BCUT2D eigenvalue weighted by Crippen LogP contribution is 2.21. The molecule has 1 aromatic carbocycles. The Balaban J connectivity index is 1.94. The Hall–Kier alpha value is -2.37. The minimum atomic E-state index is -0.894. The lowest BCUT2D eigenvalue weighted by Crippen LogP contribution is -2.47. The maximum atomic E-state index is 12.1. The number of hydrogen-bond donors (Lipinski definition) is 2. The summed E-state index contributed by atoms with van der Waals surface area (Å²) in [4.78, 5) is 37.4. The molecular formula is C16H21N3O3. The van der Waals surface area contributed by atoms with Crippen LogP contribution < -0.4 is 11.1 Å². The molecule has 3 amide bonds. The van der Waals surface area contributed by atoms with Crippen LogP contribution in [0, 0.1) is 0 Å². The summed E-state index contributed by atoms with van der Waals surface area (Å²) in [5.41, 5.74) is 6.35. The zero-order valence-corrected chi connectivity index (χ0v) is 12.7. The first kappa shape index (κ1) is 16.0. The number of hydrogen-bond acceptors (Lipinski definition) is 4. The van der Waals surface area contributed by atoms with E-state index in [1.54, 1.807) is 19.2 Å². The third-order valence-electron chi connectivity index (χ3n) is 4.04. The summed E-state index contributed by atoms with van der Waals surface area (Å²) in [6, 6.07) is 6.23. The summed E-state index contributed by atoms with van der Waals surface area (Å²) in [7, 11) is 1.62. The van der Waals surface area contributed by atoms with Crippen molar-refractivity contribution in [3.05, 3.63) is 29.8 Å². The van der Waals surface area contributed by atoms with Gasteiger partial charge < -0.3 is 10.6 Å². The molecule has 0 radical (unpaired) electrons. The number of amides is 3. The van der Waals surface area contributed by atoms with Gasteiger partial charge in [-0.15, -0.1) is 0 Å². The molecule has 2 rings (SSSR count). The van der Waals surface area contributed by atoms with Crippen molar-refractivity contribution in [2.24, 2.45) is 0 Å². The molecule has 118 valence electrons. The van der Waals surface area contributed by atoms with Crippen LogP contribution in [0.15, 0.2) is 24.3 Å². The fourth-order valence-electron chi connectivity index (χ4n) is 2.66. The molecule has 6 nitrogen and oxygen atoms in total. The Morgan fingerprint density at radius 3 is 2.27 bits per heavy atom. The SMILES string of the molecule is CN(C(=O)C(=O)NC(=O)c1ccc(N)cc1)C1CCCCC1. The van der Waals surface area contributed by atoms with Crippen molar-refractivity contribution in [2.45, 2.75) is 38.1 Å². The van der Waals surface area contributed by atoms with Crippen molar-refractivity contribution in [1.82, 2.24) is 10.2 Å². The third-order valence-corrected chi connectivity index (χ3v) is 4.04. The van der Waals surface area contributed by atoms with Crippen LogP contribution >= 0.6 is 0 Å². The highest BCUT2D eigenvalue weighted by atomic mass is 16.2. The second-order valence-electron chi connectivity index (χ2n) is 5.61. The van der Waals surface area contributed by atoms with Crippen LogP contribution in [0.25, 0.3) is 0 Å². The van der Waals surface area contributed by atoms with E-state index in [0.29, 0.717) is 5.69 Å². The van der Waals surface area contributed by atoms with Crippen molar-refractivity contribution < 1.29 is 14.4 Å². The molecule has 1 aliphatic carbocycles. The van der Waals surface area contributed by atoms with E-state index in [4.69, 9.17) is 5.73 Å². The smallest absolute Gasteiger partial charge is 0.316 e. The van der Waals surface area contributed by atoms with Crippen molar-refractivity contribution in [2.75, 3.05) is 12.8 Å². The first-order chi connectivity index (χ1) is 10.5. The van der Waals surface area contributed by atoms with Gasteiger partial charge in [0.25, 0.3) is 5.91 Å². The molecule has 0 aromatic heterocycles. The molecule has 0 unspecified atom stereocenters. The number of carbonyl (C=O) groups is 3. The van der Waals surface area contributed by atoms with Crippen LogP contribution in [-0.2, 0) is 9.59 Å². The molecule has 3 N–H and O–H groups in total. The van der Waals surface area contributed by atoms with Crippen LogP contribution in [-0.4, -0.2) is 35.7 Å². The number of nitrogen functional groups attached to an aromatic ring is 1. The van der Waals surface area contributed by atoms with Crippen LogP contribution in [0.4, 0.5) is 5.69 Å². The van der Waals surface area contributed by atoms with E-state index >= 15 is 0 Å². The maximum Gasteiger partial charge on any atom is 0.316 e. The summed E-state index contributed by atoms with van der Waals surface area (Å²) in [6.07, 6.45) is 5.10. The van der Waals surface area contributed by atoms with Crippen molar-refractivity contribution >= 4 is 23.4 Å². The number of likely N-dealkylation sites (N-methyl/N-ethyl adjacent to an activating group) is 1. The average molecular weight is 303 g/mol. The molecule has 0 spiro atoms. The van der Waals surface area contributed by atoms with Gasteiger partial charge in [0.15, 0.2) is 0 Å². The van der Waals surface area contributed by atoms with E-state index in [0.717, 1.165) is 25.7 Å². The lowest BCUT2D eigenvalue weighted by Gasteiger charge is -2.30. The first-order valence-corrected chi connectivity index (χ1v) is 7.47. The zero-order valence-electron chi connectivity index (χ0n) is 12.7. The number of nitrogens with two attached hydrogens (primary N) is 1. The summed E-state index contributed by atoms with van der Waals surface area (Å²) < 4.78 is 0. The van der Waals surface area contributed by atoms with Gasteiger partial charge in [0, 0.05) is 24.3 Å².